The number of carbonyl (C=O) groups excluding carboxylic acids is 1. The summed E-state index contributed by atoms with van der Waals surface area (Å²) in [6.07, 6.45) is 17.7. The fraction of sp³-hybridized carbons (Fsp3) is 0.531. The molecule has 0 spiro atoms. The van der Waals surface area contributed by atoms with Crippen LogP contribution in [0.4, 0.5) is 11.4 Å². The third-order valence-corrected chi connectivity index (χ3v) is 7.53. The number of nitrogens with zero attached hydrogens (tertiary/aromatic N) is 2. The molecule has 2 aromatic rings. The summed E-state index contributed by atoms with van der Waals surface area (Å²) >= 11 is 0. The molecule has 3 nitrogen and oxygen atoms in total. The summed E-state index contributed by atoms with van der Waals surface area (Å²) < 4.78 is 0. The van der Waals surface area contributed by atoms with Crippen LogP contribution >= 0.6 is 0 Å². The molecule has 2 aromatic carbocycles. The zero-order valence-electron chi connectivity index (χ0n) is 22.5. The quantitative estimate of drug-likeness (QED) is 0.256. The van der Waals surface area contributed by atoms with Crippen molar-refractivity contribution in [1.82, 2.24) is 0 Å². The van der Waals surface area contributed by atoms with E-state index in [9.17, 15) is 4.79 Å². The molecular formula is C32H46N2O. The molecule has 0 saturated carbocycles. The number of rotatable bonds is 14. The lowest BCUT2D eigenvalue weighted by atomic mass is 9.80. The number of amides is 1. The monoisotopic (exact) mass is 474 g/mol. The molecule has 0 N–H and O–H groups in total. The van der Waals surface area contributed by atoms with E-state index in [1.54, 1.807) is 11.8 Å². The van der Waals surface area contributed by atoms with Gasteiger partial charge in [-0.1, -0.05) is 115 Å². The Morgan fingerprint density at radius 3 is 2.06 bits per heavy atom. The van der Waals surface area contributed by atoms with Gasteiger partial charge in [0.25, 0.3) is 0 Å². The third-order valence-electron chi connectivity index (χ3n) is 7.53. The highest BCUT2D eigenvalue weighted by molar-refractivity contribution is 5.93. The molecule has 1 heterocycles. The van der Waals surface area contributed by atoms with Gasteiger partial charge in [0.2, 0.25) is 5.91 Å². The lowest BCUT2D eigenvalue weighted by Crippen LogP contribution is -2.41. The Bertz CT molecular complexity index is 934. The lowest BCUT2D eigenvalue weighted by molar-refractivity contribution is -0.116. The molecule has 0 fully saturated rings. The molecule has 1 unspecified atom stereocenters. The van der Waals surface area contributed by atoms with Gasteiger partial charge in [-0.05, 0) is 36.3 Å². The number of hydrogen-bond donors (Lipinski definition) is 0. The van der Waals surface area contributed by atoms with E-state index in [2.05, 4.69) is 56.0 Å². The number of para-hydroxylation sites is 2. The van der Waals surface area contributed by atoms with Crippen molar-refractivity contribution < 1.29 is 4.79 Å². The molecule has 1 amide bonds. The van der Waals surface area contributed by atoms with Crippen molar-refractivity contribution in [2.24, 2.45) is 0 Å². The van der Waals surface area contributed by atoms with Crippen molar-refractivity contribution >= 4 is 17.3 Å². The van der Waals surface area contributed by atoms with E-state index < -0.39 is 0 Å². The van der Waals surface area contributed by atoms with Crippen molar-refractivity contribution in [1.29, 1.82) is 0 Å². The van der Waals surface area contributed by atoms with Crippen LogP contribution in [0.3, 0.4) is 0 Å². The molecule has 0 bridgehead atoms. The summed E-state index contributed by atoms with van der Waals surface area (Å²) in [4.78, 5) is 16.8. The highest BCUT2D eigenvalue weighted by atomic mass is 16.2. The van der Waals surface area contributed by atoms with Crippen LogP contribution in [0, 0.1) is 0 Å². The van der Waals surface area contributed by atoms with Crippen molar-refractivity contribution in [2.45, 2.75) is 103 Å². The van der Waals surface area contributed by atoms with E-state index in [0.717, 1.165) is 12.2 Å². The standard InChI is InChI=1S/C32H46N2O/c1-5-6-7-8-9-10-11-12-13-19-25-34-30-23-18-17-22-29(30)32(3,4)31(34)24-26-33(27(2)35)28-20-15-14-16-21-28/h14-18,20-24,26,31H,5-13,19,25H2,1-4H3/b26-24+. The number of unbranched alkanes of at least 4 members (excludes halogenated alkanes) is 9. The number of benzene rings is 2. The van der Waals surface area contributed by atoms with E-state index in [1.165, 1.54) is 75.5 Å². The summed E-state index contributed by atoms with van der Waals surface area (Å²) in [5, 5.41) is 0. The van der Waals surface area contributed by atoms with Gasteiger partial charge in [-0.3, -0.25) is 9.69 Å². The summed E-state index contributed by atoms with van der Waals surface area (Å²) in [7, 11) is 0. The molecule has 3 rings (SSSR count). The van der Waals surface area contributed by atoms with E-state index in [0.29, 0.717) is 0 Å². The highest BCUT2D eigenvalue weighted by Gasteiger charge is 2.42. The predicted octanol–water partition coefficient (Wildman–Crippen LogP) is 8.64. The summed E-state index contributed by atoms with van der Waals surface area (Å²) in [6, 6.07) is 19.0. The zero-order chi connectivity index (χ0) is 25.1. The Morgan fingerprint density at radius 1 is 0.857 bits per heavy atom. The first-order chi connectivity index (χ1) is 17.0. The van der Waals surface area contributed by atoms with E-state index in [-0.39, 0.29) is 17.4 Å². The third kappa shape index (κ3) is 7.22. The van der Waals surface area contributed by atoms with Gasteiger partial charge in [-0.25, -0.2) is 0 Å². The minimum Gasteiger partial charge on any atom is -0.364 e. The number of hydrogen-bond acceptors (Lipinski definition) is 2. The SMILES string of the molecule is CCCCCCCCCCCCN1c2ccccc2C(C)(C)C1/C=C/N(C(C)=O)c1ccccc1. The normalized spacial score (nSPS) is 16.6. The van der Waals surface area contributed by atoms with Crippen LogP contribution in [-0.2, 0) is 10.2 Å². The molecule has 1 aliphatic heterocycles. The maximum absolute atomic E-state index is 12.4. The molecular weight excluding hydrogens is 428 g/mol. The molecule has 0 aromatic heterocycles. The summed E-state index contributed by atoms with van der Waals surface area (Å²) in [5.41, 5.74) is 3.63. The Labute approximate surface area is 214 Å². The zero-order valence-corrected chi connectivity index (χ0v) is 22.5. The van der Waals surface area contributed by atoms with Crippen LogP contribution < -0.4 is 9.80 Å². The van der Waals surface area contributed by atoms with Gasteiger partial charge < -0.3 is 4.90 Å². The lowest BCUT2D eigenvalue weighted by Gasteiger charge is -2.33. The predicted molar refractivity (Wildman–Crippen MR) is 151 cm³/mol. The summed E-state index contributed by atoms with van der Waals surface area (Å²) in [6.45, 7) is 9.63. The molecule has 0 aliphatic carbocycles. The average Bonchev–Trinajstić information content (AvgIpc) is 3.07. The van der Waals surface area contributed by atoms with Crippen LogP contribution in [0.25, 0.3) is 0 Å². The fourth-order valence-corrected chi connectivity index (χ4v) is 5.47. The minimum absolute atomic E-state index is 0.0231. The first kappa shape index (κ1) is 27.0. The average molecular weight is 475 g/mol. The van der Waals surface area contributed by atoms with Gasteiger partial charge in [-0.2, -0.15) is 0 Å². The second kappa shape index (κ2) is 13.5. The maximum Gasteiger partial charge on any atom is 0.227 e. The van der Waals surface area contributed by atoms with Crippen LogP contribution in [0.5, 0.6) is 0 Å². The largest absolute Gasteiger partial charge is 0.364 e. The number of fused-ring (bicyclic) bond motifs is 1. The van der Waals surface area contributed by atoms with Crippen LogP contribution in [0.2, 0.25) is 0 Å². The second-order valence-corrected chi connectivity index (χ2v) is 10.6. The second-order valence-electron chi connectivity index (χ2n) is 10.6. The van der Waals surface area contributed by atoms with E-state index in [1.807, 2.05) is 36.5 Å². The van der Waals surface area contributed by atoms with Crippen LogP contribution in [-0.4, -0.2) is 18.5 Å². The molecule has 0 radical (unpaired) electrons. The highest BCUT2D eigenvalue weighted by Crippen LogP contribution is 2.45. The van der Waals surface area contributed by atoms with Crippen molar-refractivity contribution in [3.8, 4) is 0 Å². The first-order valence-electron chi connectivity index (χ1n) is 13.9. The van der Waals surface area contributed by atoms with Gasteiger partial charge in [0.05, 0.1) is 6.04 Å². The molecule has 35 heavy (non-hydrogen) atoms. The van der Waals surface area contributed by atoms with Gasteiger partial charge in [-0.15, -0.1) is 0 Å². The van der Waals surface area contributed by atoms with Gasteiger partial charge in [0.15, 0.2) is 0 Å². The first-order valence-corrected chi connectivity index (χ1v) is 13.9. The molecule has 0 saturated heterocycles. The topological polar surface area (TPSA) is 23.6 Å². The smallest absolute Gasteiger partial charge is 0.227 e. The molecule has 1 atom stereocenters. The number of carbonyl (C=O) groups is 1. The Hall–Kier alpha value is -2.55. The maximum atomic E-state index is 12.4. The Morgan fingerprint density at radius 2 is 1.43 bits per heavy atom. The molecule has 1 aliphatic rings. The summed E-state index contributed by atoms with van der Waals surface area (Å²) in [5.74, 6) is 0.0296. The number of anilines is 2. The van der Waals surface area contributed by atoms with E-state index >= 15 is 0 Å². The van der Waals surface area contributed by atoms with Gasteiger partial charge in [0.1, 0.15) is 0 Å². The Kier molecular flexibility index (Phi) is 10.4. The molecule has 190 valence electrons. The molecule has 3 heteroatoms. The van der Waals surface area contributed by atoms with Crippen LogP contribution in [0.15, 0.2) is 66.9 Å². The minimum atomic E-state index is -0.0231. The van der Waals surface area contributed by atoms with Crippen molar-refractivity contribution in [3.63, 3.8) is 0 Å². The Balaban J connectivity index is 1.63. The van der Waals surface area contributed by atoms with Gasteiger partial charge >= 0.3 is 0 Å². The van der Waals surface area contributed by atoms with E-state index in [4.69, 9.17) is 0 Å². The van der Waals surface area contributed by atoms with Gasteiger partial charge in [0, 0.05) is 36.5 Å². The van der Waals surface area contributed by atoms with Crippen molar-refractivity contribution in [3.05, 3.63) is 72.4 Å². The van der Waals surface area contributed by atoms with Crippen LogP contribution in [0.1, 0.15) is 97.5 Å². The fourth-order valence-electron chi connectivity index (χ4n) is 5.47. The van der Waals surface area contributed by atoms with Crippen molar-refractivity contribution in [2.75, 3.05) is 16.3 Å².